The summed E-state index contributed by atoms with van der Waals surface area (Å²) in [6.07, 6.45) is -4.46. The van der Waals surface area contributed by atoms with Crippen LogP contribution in [-0.4, -0.2) is 17.1 Å². The number of carbonyl (C=O) groups is 2. The molecule has 8 heteroatoms. The summed E-state index contributed by atoms with van der Waals surface area (Å²) in [4.78, 5) is 22.8. The summed E-state index contributed by atoms with van der Waals surface area (Å²) in [5.74, 6) is -1.21. The Balaban J connectivity index is 2.07. The van der Waals surface area contributed by atoms with Gasteiger partial charge in [-0.25, -0.2) is 9.59 Å². The van der Waals surface area contributed by atoms with Gasteiger partial charge in [0.15, 0.2) is 0 Å². The van der Waals surface area contributed by atoms with E-state index in [1.54, 1.807) is 6.07 Å². The molecule has 2 aromatic rings. The third-order valence-corrected chi connectivity index (χ3v) is 2.88. The lowest BCUT2D eigenvalue weighted by atomic mass is 10.2. The predicted molar refractivity (Wildman–Crippen MR) is 77.5 cm³/mol. The summed E-state index contributed by atoms with van der Waals surface area (Å²) in [5, 5.41) is 13.7. The van der Waals surface area contributed by atoms with Crippen molar-refractivity contribution in [1.82, 2.24) is 0 Å². The number of benzene rings is 2. The van der Waals surface area contributed by atoms with Gasteiger partial charge >= 0.3 is 18.2 Å². The van der Waals surface area contributed by atoms with Crippen molar-refractivity contribution in [3.63, 3.8) is 0 Å². The topological polar surface area (TPSA) is 78.4 Å². The van der Waals surface area contributed by atoms with Crippen LogP contribution in [0, 0.1) is 0 Å². The van der Waals surface area contributed by atoms with E-state index >= 15 is 0 Å². The van der Waals surface area contributed by atoms with E-state index < -0.39 is 23.7 Å². The molecule has 120 valence electrons. The molecule has 5 nitrogen and oxygen atoms in total. The van der Waals surface area contributed by atoms with Crippen molar-refractivity contribution in [1.29, 1.82) is 0 Å². The van der Waals surface area contributed by atoms with Crippen LogP contribution in [0.1, 0.15) is 15.9 Å². The third kappa shape index (κ3) is 4.22. The van der Waals surface area contributed by atoms with Gasteiger partial charge in [-0.2, -0.15) is 13.2 Å². The van der Waals surface area contributed by atoms with Crippen LogP contribution in [0.4, 0.5) is 29.3 Å². The maximum Gasteiger partial charge on any atom is 0.416 e. The van der Waals surface area contributed by atoms with E-state index in [0.29, 0.717) is 0 Å². The first-order valence-electron chi connectivity index (χ1n) is 6.35. The number of anilines is 2. The van der Waals surface area contributed by atoms with Crippen LogP contribution in [0.15, 0.2) is 48.5 Å². The van der Waals surface area contributed by atoms with Gasteiger partial charge in [0, 0.05) is 5.69 Å². The van der Waals surface area contributed by atoms with Crippen molar-refractivity contribution in [2.24, 2.45) is 0 Å². The predicted octanol–water partition coefficient (Wildman–Crippen LogP) is 4.05. The molecule has 0 radical (unpaired) electrons. The molecule has 0 aliphatic carbocycles. The number of urea groups is 1. The molecule has 0 fully saturated rings. The minimum Gasteiger partial charge on any atom is -0.478 e. The second kappa shape index (κ2) is 6.39. The zero-order valence-electron chi connectivity index (χ0n) is 11.5. The Morgan fingerprint density at radius 1 is 0.913 bits per heavy atom. The van der Waals surface area contributed by atoms with Gasteiger partial charge in [-0.1, -0.05) is 12.1 Å². The lowest BCUT2D eigenvalue weighted by Crippen LogP contribution is -2.21. The Morgan fingerprint density at radius 3 is 2.09 bits per heavy atom. The number of aromatic carboxylic acids is 1. The maximum atomic E-state index is 12.4. The first-order chi connectivity index (χ1) is 10.8. The second-order valence-corrected chi connectivity index (χ2v) is 4.50. The molecule has 0 spiro atoms. The van der Waals surface area contributed by atoms with Crippen LogP contribution in [-0.2, 0) is 6.18 Å². The Hall–Kier alpha value is -3.03. The van der Waals surface area contributed by atoms with Crippen LogP contribution in [0.5, 0.6) is 0 Å². The summed E-state index contributed by atoms with van der Waals surface area (Å²) in [6.45, 7) is 0. The zero-order chi connectivity index (χ0) is 17.0. The first-order valence-corrected chi connectivity index (χ1v) is 6.35. The molecule has 0 saturated carbocycles. The first kappa shape index (κ1) is 16.3. The van der Waals surface area contributed by atoms with E-state index in [4.69, 9.17) is 5.11 Å². The largest absolute Gasteiger partial charge is 0.478 e. The molecule has 3 N–H and O–H groups in total. The van der Waals surface area contributed by atoms with Gasteiger partial charge in [-0.3, -0.25) is 0 Å². The van der Waals surface area contributed by atoms with Gasteiger partial charge in [-0.05, 0) is 36.4 Å². The van der Waals surface area contributed by atoms with Crippen LogP contribution >= 0.6 is 0 Å². The van der Waals surface area contributed by atoms with Crippen molar-refractivity contribution in [2.45, 2.75) is 6.18 Å². The van der Waals surface area contributed by atoms with Crippen molar-refractivity contribution < 1.29 is 27.9 Å². The number of hydrogen-bond donors (Lipinski definition) is 3. The highest BCUT2D eigenvalue weighted by atomic mass is 19.4. The monoisotopic (exact) mass is 324 g/mol. The molecule has 0 unspecified atom stereocenters. The number of alkyl halides is 3. The third-order valence-electron chi connectivity index (χ3n) is 2.88. The van der Waals surface area contributed by atoms with Gasteiger partial charge in [-0.15, -0.1) is 0 Å². The fraction of sp³-hybridized carbons (Fsp3) is 0.0667. The Kier molecular flexibility index (Phi) is 4.54. The molecule has 2 rings (SSSR count). The zero-order valence-corrected chi connectivity index (χ0v) is 11.5. The Labute approximate surface area is 128 Å². The molecule has 0 aromatic heterocycles. The minimum absolute atomic E-state index is 0.0735. The number of halogens is 3. The van der Waals surface area contributed by atoms with Crippen LogP contribution in [0.3, 0.4) is 0 Å². The molecule has 23 heavy (non-hydrogen) atoms. The summed E-state index contributed by atoms with van der Waals surface area (Å²) in [5.41, 5.74) is -0.720. The number of hydrogen-bond acceptors (Lipinski definition) is 2. The lowest BCUT2D eigenvalue weighted by Gasteiger charge is -2.11. The molecule has 0 atom stereocenters. The Bertz CT molecular complexity index is 727. The molecule has 0 aliphatic rings. The maximum absolute atomic E-state index is 12.4. The van der Waals surface area contributed by atoms with E-state index in [1.807, 2.05) is 0 Å². The van der Waals surface area contributed by atoms with Crippen LogP contribution < -0.4 is 10.6 Å². The smallest absolute Gasteiger partial charge is 0.416 e. The summed E-state index contributed by atoms with van der Waals surface area (Å²) in [7, 11) is 0. The summed E-state index contributed by atoms with van der Waals surface area (Å²) >= 11 is 0. The summed E-state index contributed by atoms with van der Waals surface area (Å²) < 4.78 is 37.3. The van der Waals surface area contributed by atoms with Crippen molar-refractivity contribution in [2.75, 3.05) is 10.6 Å². The molecule has 0 bridgehead atoms. The van der Waals surface area contributed by atoms with E-state index in [2.05, 4.69) is 10.6 Å². The van der Waals surface area contributed by atoms with E-state index in [1.165, 1.54) is 18.2 Å². The van der Waals surface area contributed by atoms with E-state index in [9.17, 15) is 22.8 Å². The van der Waals surface area contributed by atoms with Gasteiger partial charge in [0.25, 0.3) is 0 Å². The molecule has 0 heterocycles. The molecule has 2 amide bonds. The van der Waals surface area contributed by atoms with Crippen LogP contribution in [0.25, 0.3) is 0 Å². The van der Waals surface area contributed by atoms with E-state index in [0.717, 1.165) is 24.3 Å². The van der Waals surface area contributed by atoms with Gasteiger partial charge in [0.2, 0.25) is 0 Å². The SMILES string of the molecule is O=C(Nc1ccc(C(F)(F)F)cc1)Nc1ccccc1C(=O)O. The van der Waals surface area contributed by atoms with E-state index in [-0.39, 0.29) is 16.9 Å². The Morgan fingerprint density at radius 2 is 1.52 bits per heavy atom. The van der Waals surface area contributed by atoms with Crippen molar-refractivity contribution in [3.05, 3.63) is 59.7 Å². The van der Waals surface area contributed by atoms with Gasteiger partial charge in [0.1, 0.15) is 0 Å². The molecule has 0 saturated heterocycles. The molecular formula is C15H11F3N2O3. The average molecular weight is 324 g/mol. The second-order valence-electron chi connectivity index (χ2n) is 4.50. The van der Waals surface area contributed by atoms with Crippen molar-refractivity contribution in [3.8, 4) is 0 Å². The number of carbonyl (C=O) groups excluding carboxylic acids is 1. The highest BCUT2D eigenvalue weighted by Gasteiger charge is 2.29. The molecule has 0 aliphatic heterocycles. The van der Waals surface area contributed by atoms with Crippen LogP contribution in [0.2, 0.25) is 0 Å². The molecule has 2 aromatic carbocycles. The number of carboxylic acids is 1. The number of carboxylic acid groups (broad SMARTS) is 1. The normalized spacial score (nSPS) is 10.9. The fourth-order valence-corrected chi connectivity index (χ4v) is 1.81. The average Bonchev–Trinajstić information content (AvgIpc) is 2.47. The lowest BCUT2D eigenvalue weighted by molar-refractivity contribution is -0.137. The fourth-order valence-electron chi connectivity index (χ4n) is 1.81. The quantitative estimate of drug-likeness (QED) is 0.797. The highest BCUT2D eigenvalue weighted by Crippen LogP contribution is 2.29. The molecular weight excluding hydrogens is 313 g/mol. The highest BCUT2D eigenvalue weighted by molar-refractivity contribution is 6.04. The number of nitrogens with one attached hydrogen (secondary N) is 2. The number of amides is 2. The minimum atomic E-state index is -4.46. The van der Waals surface area contributed by atoms with Gasteiger partial charge in [0.05, 0.1) is 16.8 Å². The van der Waals surface area contributed by atoms with Gasteiger partial charge < -0.3 is 15.7 Å². The standard InChI is InChI=1S/C15H11F3N2O3/c16-15(17,18)9-5-7-10(8-6-9)19-14(23)20-12-4-2-1-3-11(12)13(21)22/h1-8H,(H,21,22)(H2,19,20,23). The summed E-state index contributed by atoms with van der Waals surface area (Å²) in [6, 6.07) is 8.87. The number of rotatable bonds is 3. The number of para-hydroxylation sites is 1. The van der Waals surface area contributed by atoms with Crippen molar-refractivity contribution >= 4 is 23.4 Å².